The Labute approximate surface area is 140 Å². The van der Waals surface area contributed by atoms with Gasteiger partial charge in [0.1, 0.15) is 11.8 Å². The van der Waals surface area contributed by atoms with E-state index in [2.05, 4.69) is 5.32 Å². The van der Waals surface area contributed by atoms with Crippen molar-refractivity contribution in [1.82, 2.24) is 0 Å². The number of allylic oxidation sites excluding steroid dienone is 1. The Morgan fingerprint density at radius 2 is 1.91 bits per heavy atom. The first-order chi connectivity index (χ1) is 10.3. The summed E-state index contributed by atoms with van der Waals surface area (Å²) < 4.78 is 0. The number of anilines is 1. The number of hydrogen-bond donors (Lipinski definition) is 2. The van der Waals surface area contributed by atoms with Crippen molar-refractivity contribution in [2.24, 2.45) is 5.41 Å². The van der Waals surface area contributed by atoms with Crippen LogP contribution in [0.3, 0.4) is 0 Å². The van der Waals surface area contributed by atoms with Crippen molar-refractivity contribution in [2.45, 2.75) is 33.6 Å². The fourth-order valence-electron chi connectivity index (χ4n) is 1.87. The molecule has 0 aromatic heterocycles. The Morgan fingerprint density at radius 1 is 1.32 bits per heavy atom. The Hall–Kier alpha value is -1.70. The van der Waals surface area contributed by atoms with E-state index in [1.165, 1.54) is 12.1 Å². The van der Waals surface area contributed by atoms with Crippen molar-refractivity contribution < 1.29 is 9.90 Å². The van der Waals surface area contributed by atoms with E-state index in [-0.39, 0.29) is 16.4 Å². The molecule has 0 spiro atoms. The average Bonchev–Trinajstić information content (AvgIpc) is 2.50. The molecule has 0 aliphatic rings. The largest absolute Gasteiger partial charge is 0.510 e. The summed E-state index contributed by atoms with van der Waals surface area (Å²) in [5.74, 6) is -0.871. The second-order valence-electron chi connectivity index (χ2n) is 5.19. The number of nitriles is 1. The summed E-state index contributed by atoms with van der Waals surface area (Å²) in [6, 6.07) is 6.37. The van der Waals surface area contributed by atoms with E-state index in [9.17, 15) is 15.2 Å². The molecule has 22 heavy (non-hydrogen) atoms. The van der Waals surface area contributed by atoms with Gasteiger partial charge in [-0.25, -0.2) is 0 Å². The number of rotatable bonds is 5. The number of benzene rings is 1. The molecule has 2 N–H and O–H groups in total. The second-order valence-corrected chi connectivity index (χ2v) is 6.00. The van der Waals surface area contributed by atoms with Gasteiger partial charge in [0.2, 0.25) is 0 Å². The van der Waals surface area contributed by atoms with E-state index in [4.69, 9.17) is 23.2 Å². The first kappa shape index (κ1) is 18.3. The molecule has 0 heterocycles. The van der Waals surface area contributed by atoms with Gasteiger partial charge in [0, 0.05) is 11.1 Å². The molecule has 0 fully saturated rings. The maximum Gasteiger partial charge on any atom is 0.269 e. The van der Waals surface area contributed by atoms with Gasteiger partial charge >= 0.3 is 0 Å². The second kappa shape index (κ2) is 7.53. The summed E-state index contributed by atoms with van der Waals surface area (Å²) in [6.45, 7) is 5.60. The summed E-state index contributed by atoms with van der Waals surface area (Å²) >= 11 is 11.7. The molecule has 4 nitrogen and oxygen atoms in total. The summed E-state index contributed by atoms with van der Waals surface area (Å²) in [5, 5.41) is 22.7. The molecular weight excluding hydrogens is 323 g/mol. The van der Waals surface area contributed by atoms with Crippen LogP contribution < -0.4 is 5.32 Å². The van der Waals surface area contributed by atoms with Crippen LogP contribution in [0.1, 0.15) is 33.6 Å². The van der Waals surface area contributed by atoms with Gasteiger partial charge in [0.25, 0.3) is 5.91 Å². The first-order valence-corrected chi connectivity index (χ1v) is 7.64. The number of aliphatic hydroxyl groups is 1. The van der Waals surface area contributed by atoms with Crippen LogP contribution in [0.2, 0.25) is 10.0 Å². The van der Waals surface area contributed by atoms with Crippen molar-refractivity contribution in [3.8, 4) is 6.07 Å². The summed E-state index contributed by atoms with van der Waals surface area (Å²) in [4.78, 5) is 12.2. The van der Waals surface area contributed by atoms with Crippen LogP contribution in [-0.4, -0.2) is 11.0 Å². The highest BCUT2D eigenvalue weighted by molar-refractivity contribution is 6.42. The third kappa shape index (κ3) is 3.94. The monoisotopic (exact) mass is 340 g/mol. The minimum absolute atomic E-state index is 0.197. The number of hydrogen-bond acceptors (Lipinski definition) is 3. The highest BCUT2D eigenvalue weighted by Crippen LogP contribution is 2.34. The lowest BCUT2D eigenvalue weighted by molar-refractivity contribution is -0.112. The molecule has 0 saturated carbocycles. The molecule has 1 aromatic carbocycles. The topological polar surface area (TPSA) is 73.1 Å². The Morgan fingerprint density at radius 3 is 2.36 bits per heavy atom. The number of aliphatic hydroxyl groups excluding tert-OH is 1. The highest BCUT2D eigenvalue weighted by atomic mass is 35.5. The molecule has 0 radical (unpaired) electrons. The lowest BCUT2D eigenvalue weighted by Gasteiger charge is -2.26. The van der Waals surface area contributed by atoms with Crippen molar-refractivity contribution in [3.05, 3.63) is 39.6 Å². The maximum absolute atomic E-state index is 12.2. The lowest BCUT2D eigenvalue weighted by Crippen LogP contribution is -2.24. The van der Waals surface area contributed by atoms with Gasteiger partial charge in [-0.2, -0.15) is 5.26 Å². The van der Waals surface area contributed by atoms with E-state index >= 15 is 0 Å². The number of nitrogens with zero attached hydrogens (tertiary/aromatic N) is 1. The summed E-state index contributed by atoms with van der Waals surface area (Å²) in [5.41, 5.74) is -0.507. The van der Waals surface area contributed by atoms with Gasteiger partial charge < -0.3 is 10.4 Å². The minimum atomic E-state index is -0.675. The molecule has 0 unspecified atom stereocenters. The van der Waals surface area contributed by atoms with Gasteiger partial charge in [-0.15, -0.1) is 0 Å². The number of nitrogens with one attached hydrogen (secondary N) is 1. The normalized spacial score (nSPS) is 12.4. The molecule has 118 valence electrons. The SMILES string of the molecule is CCC(C)(CC)/C(O)=C(\C#N)C(=O)Nc1ccc(Cl)c(Cl)c1. The number of carbonyl (C=O) groups excluding carboxylic acids is 1. The van der Waals surface area contributed by atoms with Crippen LogP contribution in [0.4, 0.5) is 5.69 Å². The molecule has 0 aliphatic heterocycles. The predicted molar refractivity (Wildman–Crippen MR) is 89.0 cm³/mol. The molecule has 6 heteroatoms. The van der Waals surface area contributed by atoms with Crippen LogP contribution in [0.15, 0.2) is 29.5 Å². The zero-order valence-corrected chi connectivity index (χ0v) is 14.2. The molecule has 1 rings (SSSR count). The Kier molecular flexibility index (Phi) is 6.28. The van der Waals surface area contributed by atoms with Crippen LogP contribution in [0.5, 0.6) is 0 Å². The fraction of sp³-hybridized carbons (Fsp3) is 0.375. The van der Waals surface area contributed by atoms with E-state index in [1.54, 1.807) is 12.1 Å². The van der Waals surface area contributed by atoms with Crippen molar-refractivity contribution >= 4 is 34.8 Å². The van der Waals surface area contributed by atoms with Crippen LogP contribution >= 0.6 is 23.2 Å². The fourth-order valence-corrected chi connectivity index (χ4v) is 2.16. The number of carbonyl (C=O) groups is 1. The zero-order valence-electron chi connectivity index (χ0n) is 12.7. The maximum atomic E-state index is 12.2. The van der Waals surface area contributed by atoms with Gasteiger partial charge in [-0.1, -0.05) is 44.0 Å². The standard InChI is InChI=1S/C16H18Cl2N2O2/c1-4-16(3,5-2)14(21)11(9-19)15(22)20-10-6-7-12(17)13(18)8-10/h6-8,21H,4-5H2,1-3H3,(H,20,22)/b14-11-. The predicted octanol–water partition coefficient (Wildman–Crippen LogP) is 5.09. The molecule has 0 bridgehead atoms. The Balaban J connectivity index is 3.12. The van der Waals surface area contributed by atoms with Gasteiger partial charge in [-0.3, -0.25) is 4.79 Å². The van der Waals surface area contributed by atoms with E-state index in [1.807, 2.05) is 20.8 Å². The molecule has 1 aromatic rings. The van der Waals surface area contributed by atoms with Crippen LogP contribution in [-0.2, 0) is 4.79 Å². The molecule has 0 saturated heterocycles. The number of amides is 1. The van der Waals surface area contributed by atoms with Crippen LogP contribution in [0.25, 0.3) is 0 Å². The molecule has 0 atom stereocenters. The van der Waals surface area contributed by atoms with E-state index < -0.39 is 11.3 Å². The molecule has 0 aliphatic carbocycles. The minimum Gasteiger partial charge on any atom is -0.510 e. The third-order valence-electron chi connectivity index (χ3n) is 3.89. The number of halogens is 2. The Bertz CT molecular complexity index is 644. The molecule has 1 amide bonds. The summed E-state index contributed by atoms with van der Waals surface area (Å²) in [7, 11) is 0. The van der Waals surface area contributed by atoms with Crippen LogP contribution in [0, 0.1) is 16.7 Å². The molecular formula is C16H18Cl2N2O2. The van der Waals surface area contributed by atoms with E-state index in [0.717, 1.165) is 0 Å². The third-order valence-corrected chi connectivity index (χ3v) is 4.62. The van der Waals surface area contributed by atoms with Crippen molar-refractivity contribution in [2.75, 3.05) is 5.32 Å². The van der Waals surface area contributed by atoms with Crippen molar-refractivity contribution in [3.63, 3.8) is 0 Å². The summed E-state index contributed by atoms with van der Waals surface area (Å²) in [6.07, 6.45) is 1.22. The van der Waals surface area contributed by atoms with Gasteiger partial charge in [0.15, 0.2) is 5.57 Å². The smallest absolute Gasteiger partial charge is 0.269 e. The van der Waals surface area contributed by atoms with Gasteiger partial charge in [0.05, 0.1) is 10.0 Å². The van der Waals surface area contributed by atoms with Gasteiger partial charge in [-0.05, 0) is 31.0 Å². The lowest BCUT2D eigenvalue weighted by atomic mass is 9.80. The highest BCUT2D eigenvalue weighted by Gasteiger charge is 2.30. The zero-order chi connectivity index (χ0) is 16.9. The quantitative estimate of drug-likeness (QED) is 0.445. The van der Waals surface area contributed by atoms with E-state index in [0.29, 0.717) is 23.6 Å². The van der Waals surface area contributed by atoms with Crippen molar-refractivity contribution in [1.29, 1.82) is 5.26 Å². The average molecular weight is 341 g/mol. The first-order valence-electron chi connectivity index (χ1n) is 6.89.